The Balaban J connectivity index is 2.26. The van der Waals surface area contributed by atoms with E-state index in [1.165, 1.54) is 0 Å². The van der Waals surface area contributed by atoms with Crippen LogP contribution in [0.4, 0.5) is 0 Å². The molecule has 0 aromatic heterocycles. The topological polar surface area (TPSA) is 70.0 Å². The maximum absolute atomic E-state index is 12.5. The van der Waals surface area contributed by atoms with E-state index in [1.807, 2.05) is 42.7 Å². The molecule has 22 heavy (non-hydrogen) atoms. The van der Waals surface area contributed by atoms with Gasteiger partial charge in [0.25, 0.3) is 0 Å². The predicted molar refractivity (Wildman–Crippen MR) is 88.8 cm³/mol. The molecule has 0 saturated carbocycles. The van der Waals surface area contributed by atoms with Crippen LogP contribution in [0.1, 0.15) is 17.2 Å². The number of hydrogen-bond acceptors (Lipinski definition) is 4. The van der Waals surface area contributed by atoms with Crippen LogP contribution >= 0.6 is 11.8 Å². The van der Waals surface area contributed by atoms with Crippen molar-refractivity contribution in [1.82, 2.24) is 4.72 Å². The molecular formula is C16H16N2O2S2. The van der Waals surface area contributed by atoms with E-state index < -0.39 is 16.1 Å². The van der Waals surface area contributed by atoms with Crippen molar-refractivity contribution in [1.29, 1.82) is 5.26 Å². The summed E-state index contributed by atoms with van der Waals surface area (Å²) in [6.07, 6.45) is 0. The smallest absolute Gasteiger partial charge is 0.207 e. The minimum absolute atomic E-state index is 0.223. The molecule has 0 spiro atoms. The molecule has 1 N–H and O–H groups in total. The van der Waals surface area contributed by atoms with Crippen molar-refractivity contribution in [2.45, 2.75) is 17.9 Å². The molecule has 2 rings (SSSR count). The highest BCUT2D eigenvalue weighted by molar-refractivity contribution is 8.03. The molecule has 2 aromatic carbocycles. The third-order valence-corrected chi connectivity index (χ3v) is 5.26. The van der Waals surface area contributed by atoms with Crippen LogP contribution < -0.4 is 4.72 Å². The highest BCUT2D eigenvalue weighted by Crippen LogP contribution is 2.21. The highest BCUT2D eigenvalue weighted by Gasteiger charge is 2.21. The van der Waals surface area contributed by atoms with Gasteiger partial charge in [0.15, 0.2) is 0 Å². The van der Waals surface area contributed by atoms with Gasteiger partial charge in [-0.25, -0.2) is 13.1 Å². The number of nitriles is 1. The molecular weight excluding hydrogens is 316 g/mol. The van der Waals surface area contributed by atoms with Crippen LogP contribution in [0.25, 0.3) is 0 Å². The quantitative estimate of drug-likeness (QED) is 0.825. The monoisotopic (exact) mass is 332 g/mol. The number of rotatable bonds is 6. The van der Waals surface area contributed by atoms with Crippen molar-refractivity contribution in [3.05, 3.63) is 65.7 Å². The van der Waals surface area contributed by atoms with Gasteiger partial charge in [0.05, 0.1) is 10.9 Å². The van der Waals surface area contributed by atoms with Crippen molar-refractivity contribution >= 4 is 21.8 Å². The first-order valence-corrected chi connectivity index (χ1v) is 9.14. The average Bonchev–Trinajstić information content (AvgIpc) is 2.52. The summed E-state index contributed by atoms with van der Waals surface area (Å²) in [5, 5.41) is 10.7. The Morgan fingerprint density at radius 3 is 2.36 bits per heavy atom. The minimum Gasteiger partial charge on any atom is -0.207 e. The van der Waals surface area contributed by atoms with Crippen LogP contribution in [0.15, 0.2) is 59.5 Å². The van der Waals surface area contributed by atoms with Gasteiger partial charge in [0.2, 0.25) is 10.0 Å². The summed E-state index contributed by atoms with van der Waals surface area (Å²) >= 11 is 1.03. The lowest BCUT2D eigenvalue weighted by molar-refractivity contribution is 0.568. The molecule has 0 aliphatic rings. The summed E-state index contributed by atoms with van der Waals surface area (Å²) in [4.78, 5) is 0.223. The third-order valence-electron chi connectivity index (χ3n) is 3.15. The number of nitrogens with one attached hydrogen (secondary N) is 1. The first-order valence-electron chi connectivity index (χ1n) is 6.68. The number of benzene rings is 2. The fraction of sp³-hybridized carbons (Fsp3) is 0.188. The maximum atomic E-state index is 12.5. The Bertz CT molecular complexity index is 751. The Morgan fingerprint density at radius 2 is 1.77 bits per heavy atom. The van der Waals surface area contributed by atoms with E-state index in [0.29, 0.717) is 5.75 Å². The van der Waals surface area contributed by atoms with Gasteiger partial charge in [-0.15, -0.1) is 0 Å². The standard InChI is InChI=1S/C16H16N2O2S2/c1-13-7-9-15(10-8-13)22(19,20)18-16(11-21-12-17)14-5-3-2-4-6-14/h2-10,16,18H,11H2,1H3. The highest BCUT2D eigenvalue weighted by atomic mass is 32.2. The van der Waals surface area contributed by atoms with Gasteiger partial charge in [0, 0.05) is 5.75 Å². The van der Waals surface area contributed by atoms with Crippen molar-refractivity contribution in [3.8, 4) is 5.40 Å². The maximum Gasteiger partial charge on any atom is 0.241 e. The lowest BCUT2D eigenvalue weighted by Crippen LogP contribution is -2.30. The molecule has 0 radical (unpaired) electrons. The van der Waals surface area contributed by atoms with Crippen LogP contribution in [0.3, 0.4) is 0 Å². The zero-order valence-electron chi connectivity index (χ0n) is 12.1. The lowest BCUT2D eigenvalue weighted by atomic mass is 10.1. The summed E-state index contributed by atoms with van der Waals surface area (Å²) in [5.41, 5.74) is 1.83. The van der Waals surface area contributed by atoms with Gasteiger partial charge in [-0.05, 0) is 36.4 Å². The number of thiocyanates is 1. The van der Waals surface area contributed by atoms with Crippen LogP contribution in [0.2, 0.25) is 0 Å². The van der Waals surface area contributed by atoms with E-state index in [-0.39, 0.29) is 4.90 Å². The Morgan fingerprint density at radius 1 is 1.14 bits per heavy atom. The number of hydrogen-bond donors (Lipinski definition) is 1. The van der Waals surface area contributed by atoms with E-state index in [9.17, 15) is 8.42 Å². The van der Waals surface area contributed by atoms with Crippen molar-refractivity contribution in [2.75, 3.05) is 5.75 Å². The molecule has 0 heterocycles. The number of aryl methyl sites for hydroxylation is 1. The average molecular weight is 332 g/mol. The van der Waals surface area contributed by atoms with Gasteiger partial charge < -0.3 is 0 Å². The number of thioether (sulfide) groups is 1. The summed E-state index contributed by atoms with van der Waals surface area (Å²) in [5.74, 6) is 0.353. The van der Waals surface area contributed by atoms with Crippen LogP contribution in [-0.2, 0) is 10.0 Å². The Kier molecular flexibility index (Phi) is 5.61. The van der Waals surface area contributed by atoms with Gasteiger partial charge in [-0.3, -0.25) is 0 Å². The summed E-state index contributed by atoms with van der Waals surface area (Å²) < 4.78 is 27.7. The fourth-order valence-electron chi connectivity index (χ4n) is 1.98. The summed E-state index contributed by atoms with van der Waals surface area (Å²) in [7, 11) is -3.63. The second-order valence-corrected chi connectivity index (χ2v) is 7.32. The lowest BCUT2D eigenvalue weighted by Gasteiger charge is -2.18. The van der Waals surface area contributed by atoms with Crippen LogP contribution in [0, 0.1) is 17.6 Å². The molecule has 1 unspecified atom stereocenters. The van der Waals surface area contributed by atoms with E-state index in [1.54, 1.807) is 24.3 Å². The summed E-state index contributed by atoms with van der Waals surface area (Å²) in [6.45, 7) is 1.90. The molecule has 0 saturated heterocycles. The van der Waals surface area contributed by atoms with E-state index in [0.717, 1.165) is 22.9 Å². The second kappa shape index (κ2) is 7.45. The van der Waals surface area contributed by atoms with Gasteiger partial charge in [-0.1, -0.05) is 48.0 Å². The minimum atomic E-state index is -3.63. The molecule has 0 aliphatic heterocycles. The van der Waals surface area contributed by atoms with Gasteiger partial charge >= 0.3 is 0 Å². The molecule has 6 heteroatoms. The molecule has 2 aromatic rings. The number of sulfonamides is 1. The first-order chi connectivity index (χ1) is 10.5. The molecule has 1 atom stereocenters. The van der Waals surface area contributed by atoms with Crippen LogP contribution in [0.5, 0.6) is 0 Å². The van der Waals surface area contributed by atoms with Gasteiger partial charge in [0.1, 0.15) is 5.40 Å². The Hall–Kier alpha value is -1.81. The zero-order valence-corrected chi connectivity index (χ0v) is 13.7. The van der Waals surface area contributed by atoms with Gasteiger partial charge in [-0.2, -0.15) is 5.26 Å². The Labute approximate surface area is 135 Å². The SMILES string of the molecule is Cc1ccc(S(=O)(=O)NC(CSC#N)c2ccccc2)cc1. The molecule has 114 valence electrons. The van der Waals surface area contributed by atoms with Crippen LogP contribution in [-0.4, -0.2) is 14.2 Å². The zero-order chi connectivity index (χ0) is 16.0. The van der Waals surface area contributed by atoms with E-state index >= 15 is 0 Å². The molecule has 0 aliphatic carbocycles. The first kappa shape index (κ1) is 16.6. The second-order valence-electron chi connectivity index (χ2n) is 4.80. The molecule has 0 fully saturated rings. The molecule has 0 amide bonds. The van der Waals surface area contributed by atoms with E-state index in [2.05, 4.69) is 4.72 Å². The van der Waals surface area contributed by atoms with Crippen molar-refractivity contribution in [3.63, 3.8) is 0 Å². The fourth-order valence-corrected chi connectivity index (χ4v) is 3.82. The predicted octanol–water partition coefficient (Wildman–Crippen LogP) is 3.23. The molecule has 0 bridgehead atoms. The normalized spacial score (nSPS) is 12.5. The number of nitrogens with zero attached hydrogens (tertiary/aromatic N) is 1. The van der Waals surface area contributed by atoms with Crippen molar-refractivity contribution < 1.29 is 8.42 Å². The molecule has 4 nitrogen and oxygen atoms in total. The summed E-state index contributed by atoms with van der Waals surface area (Å²) in [6, 6.07) is 15.5. The largest absolute Gasteiger partial charge is 0.241 e. The third kappa shape index (κ3) is 4.34. The van der Waals surface area contributed by atoms with Crippen molar-refractivity contribution in [2.24, 2.45) is 0 Å². The van der Waals surface area contributed by atoms with E-state index in [4.69, 9.17) is 5.26 Å².